The van der Waals surface area contributed by atoms with Crippen molar-refractivity contribution in [1.29, 1.82) is 5.26 Å². The molecule has 1 aromatic heterocycles. The van der Waals surface area contributed by atoms with Gasteiger partial charge in [-0.3, -0.25) is 4.98 Å². The maximum Gasteiger partial charge on any atom is 0.346 e. The van der Waals surface area contributed by atoms with Crippen LogP contribution in [0.1, 0.15) is 5.56 Å². The smallest absolute Gasteiger partial charge is 0.346 e. The minimum Gasteiger partial charge on any atom is -0.477 e. The molecule has 2 rings (SSSR count). The molecule has 1 heterocycles. The summed E-state index contributed by atoms with van der Waals surface area (Å²) in [4.78, 5) is 14.8. The summed E-state index contributed by atoms with van der Waals surface area (Å²) in [7, 11) is 0. The zero-order valence-electron chi connectivity index (χ0n) is 8.79. The van der Waals surface area contributed by atoms with E-state index in [9.17, 15) is 4.79 Å². The van der Waals surface area contributed by atoms with Gasteiger partial charge in [0.1, 0.15) is 11.6 Å². The number of hydrogen-bond donors (Lipinski definition) is 1. The summed E-state index contributed by atoms with van der Waals surface area (Å²) in [5.74, 6) is -1.24. The van der Waals surface area contributed by atoms with Crippen molar-refractivity contribution in [2.45, 2.75) is 0 Å². The van der Waals surface area contributed by atoms with Gasteiger partial charge in [-0.05, 0) is 11.5 Å². The van der Waals surface area contributed by atoms with Crippen LogP contribution in [0.4, 0.5) is 0 Å². The van der Waals surface area contributed by atoms with Crippen molar-refractivity contribution in [3.63, 3.8) is 0 Å². The average molecular weight is 224 g/mol. The molecule has 0 aliphatic heterocycles. The van der Waals surface area contributed by atoms with Crippen LogP contribution in [0.3, 0.4) is 0 Å². The topological polar surface area (TPSA) is 74.0 Å². The summed E-state index contributed by atoms with van der Waals surface area (Å²) in [5.41, 5.74) is 0.324. The Labute approximate surface area is 97.5 Å². The molecule has 0 aliphatic rings. The lowest BCUT2D eigenvalue weighted by molar-refractivity contribution is -0.132. The number of fused-ring (bicyclic) bond motifs is 1. The number of carboxylic acids is 1. The van der Waals surface area contributed by atoms with Gasteiger partial charge in [-0.25, -0.2) is 4.79 Å². The number of nitrogens with zero attached hydrogens (tertiary/aromatic N) is 2. The number of carboxylic acid groups (broad SMARTS) is 1. The molecule has 4 heteroatoms. The predicted molar refractivity (Wildman–Crippen MR) is 63.0 cm³/mol. The molecule has 0 saturated heterocycles. The number of pyridine rings is 1. The Balaban J connectivity index is 2.65. The standard InChI is InChI=1S/C13H8N2O2/c14-6-10(13(16)17)5-11-8-15-7-9-3-1-2-4-12(9)11/h1-5,7-8H,(H,16,17)/b10-5+. The van der Waals surface area contributed by atoms with Gasteiger partial charge < -0.3 is 5.11 Å². The first kappa shape index (κ1) is 10.8. The average Bonchev–Trinajstić information content (AvgIpc) is 2.35. The summed E-state index contributed by atoms with van der Waals surface area (Å²) in [6, 6.07) is 9.12. The zero-order chi connectivity index (χ0) is 12.3. The number of rotatable bonds is 2. The normalized spacial score (nSPS) is 11.1. The summed E-state index contributed by atoms with van der Waals surface area (Å²) >= 11 is 0. The maximum absolute atomic E-state index is 10.8. The fourth-order valence-electron chi connectivity index (χ4n) is 1.55. The van der Waals surface area contributed by atoms with Gasteiger partial charge in [-0.2, -0.15) is 5.26 Å². The number of aromatic nitrogens is 1. The van der Waals surface area contributed by atoms with Crippen molar-refractivity contribution >= 4 is 22.8 Å². The van der Waals surface area contributed by atoms with E-state index >= 15 is 0 Å². The minimum atomic E-state index is -1.24. The van der Waals surface area contributed by atoms with Crippen LogP contribution in [0.5, 0.6) is 0 Å². The van der Waals surface area contributed by atoms with E-state index in [0.717, 1.165) is 10.8 Å². The molecular weight excluding hydrogens is 216 g/mol. The highest BCUT2D eigenvalue weighted by atomic mass is 16.4. The van der Waals surface area contributed by atoms with Crippen molar-refractivity contribution in [2.75, 3.05) is 0 Å². The third-order valence-electron chi connectivity index (χ3n) is 2.35. The third kappa shape index (κ3) is 2.13. The molecule has 0 unspecified atom stereocenters. The molecule has 0 bridgehead atoms. The van der Waals surface area contributed by atoms with E-state index in [1.54, 1.807) is 18.5 Å². The Morgan fingerprint density at radius 3 is 2.82 bits per heavy atom. The lowest BCUT2D eigenvalue weighted by Gasteiger charge is -2.01. The number of hydrogen-bond acceptors (Lipinski definition) is 3. The summed E-state index contributed by atoms with van der Waals surface area (Å²) < 4.78 is 0. The van der Waals surface area contributed by atoms with Crippen molar-refractivity contribution in [1.82, 2.24) is 4.98 Å². The number of carbonyl (C=O) groups is 1. The molecule has 1 N–H and O–H groups in total. The van der Waals surface area contributed by atoms with Crippen LogP contribution < -0.4 is 0 Å². The van der Waals surface area contributed by atoms with Gasteiger partial charge in [0, 0.05) is 23.3 Å². The van der Waals surface area contributed by atoms with Crippen LogP contribution in [0.15, 0.2) is 42.2 Å². The highest BCUT2D eigenvalue weighted by molar-refractivity contribution is 6.00. The van der Waals surface area contributed by atoms with Crippen LogP contribution in [0.25, 0.3) is 16.8 Å². The molecule has 0 amide bonds. The molecule has 1 aromatic carbocycles. The highest BCUT2D eigenvalue weighted by Gasteiger charge is 2.07. The van der Waals surface area contributed by atoms with Crippen LogP contribution in [0, 0.1) is 11.3 Å². The summed E-state index contributed by atoms with van der Waals surface area (Å²) in [5, 5.41) is 19.3. The Hall–Kier alpha value is -2.67. The van der Waals surface area contributed by atoms with Gasteiger partial charge in [-0.15, -0.1) is 0 Å². The largest absolute Gasteiger partial charge is 0.477 e. The van der Waals surface area contributed by atoms with Gasteiger partial charge in [0.25, 0.3) is 0 Å². The molecule has 0 saturated carbocycles. The quantitative estimate of drug-likeness (QED) is 0.627. The Bertz CT molecular complexity index is 649. The predicted octanol–water partition coefficient (Wildman–Crippen LogP) is 2.23. The van der Waals surface area contributed by atoms with E-state index < -0.39 is 5.97 Å². The van der Waals surface area contributed by atoms with Crippen molar-refractivity contribution in [3.8, 4) is 6.07 Å². The van der Waals surface area contributed by atoms with Gasteiger partial charge in [0.15, 0.2) is 0 Å². The Kier molecular flexibility index (Phi) is 2.84. The SMILES string of the molecule is N#C/C(=C\c1cncc2ccccc12)C(=O)O. The van der Waals surface area contributed by atoms with Gasteiger partial charge in [0.2, 0.25) is 0 Å². The number of benzene rings is 1. The fraction of sp³-hybridized carbons (Fsp3) is 0. The minimum absolute atomic E-state index is 0.303. The maximum atomic E-state index is 10.8. The van der Waals surface area contributed by atoms with Crippen molar-refractivity contribution < 1.29 is 9.90 Å². The van der Waals surface area contributed by atoms with Crippen molar-refractivity contribution in [3.05, 3.63) is 47.8 Å². The monoisotopic (exact) mass is 224 g/mol. The second-order valence-electron chi connectivity index (χ2n) is 3.42. The van der Waals surface area contributed by atoms with Crippen LogP contribution in [0.2, 0.25) is 0 Å². The first-order valence-corrected chi connectivity index (χ1v) is 4.90. The van der Waals surface area contributed by atoms with Crippen LogP contribution >= 0.6 is 0 Å². The lowest BCUT2D eigenvalue weighted by atomic mass is 10.1. The van der Waals surface area contributed by atoms with E-state index in [-0.39, 0.29) is 5.57 Å². The lowest BCUT2D eigenvalue weighted by Crippen LogP contribution is -1.97. The van der Waals surface area contributed by atoms with Gasteiger partial charge in [0.05, 0.1) is 0 Å². The molecule has 0 radical (unpaired) electrons. The first-order valence-electron chi connectivity index (χ1n) is 4.90. The van der Waals surface area contributed by atoms with Crippen molar-refractivity contribution in [2.24, 2.45) is 0 Å². The molecular formula is C13H8N2O2. The fourth-order valence-corrected chi connectivity index (χ4v) is 1.55. The van der Waals surface area contributed by atoms with E-state index in [1.165, 1.54) is 6.08 Å². The molecule has 0 fully saturated rings. The summed E-state index contributed by atoms with van der Waals surface area (Å²) in [6.45, 7) is 0. The molecule has 0 spiro atoms. The first-order chi connectivity index (χ1) is 8.22. The van der Waals surface area contributed by atoms with E-state index in [1.807, 2.05) is 24.3 Å². The Morgan fingerprint density at radius 1 is 1.35 bits per heavy atom. The molecule has 4 nitrogen and oxygen atoms in total. The molecule has 0 atom stereocenters. The van der Waals surface area contributed by atoms with E-state index in [0.29, 0.717) is 5.56 Å². The molecule has 82 valence electrons. The zero-order valence-corrected chi connectivity index (χ0v) is 8.79. The molecule has 2 aromatic rings. The third-order valence-corrected chi connectivity index (χ3v) is 2.35. The van der Waals surface area contributed by atoms with Gasteiger partial charge in [-0.1, -0.05) is 24.3 Å². The van der Waals surface area contributed by atoms with Gasteiger partial charge >= 0.3 is 5.97 Å². The molecule has 17 heavy (non-hydrogen) atoms. The summed E-state index contributed by atoms with van der Waals surface area (Å²) in [6.07, 6.45) is 4.57. The highest BCUT2D eigenvalue weighted by Crippen LogP contribution is 2.19. The second kappa shape index (κ2) is 4.45. The Morgan fingerprint density at radius 2 is 2.12 bits per heavy atom. The number of nitriles is 1. The second-order valence-corrected chi connectivity index (χ2v) is 3.42. The van der Waals surface area contributed by atoms with E-state index in [4.69, 9.17) is 10.4 Å². The molecule has 0 aliphatic carbocycles. The van der Waals surface area contributed by atoms with E-state index in [2.05, 4.69) is 4.98 Å². The van der Waals surface area contributed by atoms with Crippen LogP contribution in [-0.2, 0) is 4.79 Å². The van der Waals surface area contributed by atoms with Crippen LogP contribution in [-0.4, -0.2) is 16.1 Å². The number of aliphatic carboxylic acids is 1.